The van der Waals surface area contributed by atoms with Crippen LogP contribution >= 0.6 is 15.9 Å². The monoisotopic (exact) mass is 228 g/mol. The maximum atomic E-state index is 11.2. The Morgan fingerprint density at radius 1 is 1.67 bits per heavy atom. The Bertz CT molecular complexity index is 271. The quantitative estimate of drug-likeness (QED) is 0.836. The minimum Gasteiger partial charge on any atom is -0.351 e. The molecule has 1 aromatic heterocycles. The van der Waals surface area contributed by atoms with Crippen LogP contribution in [0.3, 0.4) is 0 Å². The zero-order valence-corrected chi connectivity index (χ0v) is 8.26. The molecule has 1 rings (SSSR count). The van der Waals surface area contributed by atoms with Crippen LogP contribution in [-0.4, -0.2) is 17.4 Å². The number of carbonyl (C=O) groups excluding carboxylic acids is 1. The lowest BCUT2D eigenvalue weighted by molar-refractivity contribution is 0.0951. The molecule has 0 unspecified atom stereocenters. The highest BCUT2D eigenvalue weighted by molar-refractivity contribution is 9.10. The first-order valence-corrected chi connectivity index (χ1v) is 4.43. The van der Waals surface area contributed by atoms with E-state index >= 15 is 0 Å². The van der Waals surface area contributed by atoms with E-state index in [2.05, 4.69) is 26.2 Å². The molecule has 0 aromatic carbocycles. The molecule has 0 aliphatic heterocycles. The highest BCUT2D eigenvalue weighted by Gasteiger charge is 2.03. The van der Waals surface area contributed by atoms with E-state index < -0.39 is 0 Å². The van der Waals surface area contributed by atoms with Gasteiger partial charge in [0, 0.05) is 17.2 Å². The van der Waals surface area contributed by atoms with Gasteiger partial charge in [-0.25, -0.2) is 4.98 Å². The van der Waals surface area contributed by atoms with Crippen LogP contribution < -0.4 is 5.32 Å². The van der Waals surface area contributed by atoms with E-state index in [4.69, 9.17) is 0 Å². The van der Waals surface area contributed by atoms with Gasteiger partial charge in [0.05, 0.1) is 0 Å². The largest absolute Gasteiger partial charge is 0.351 e. The van der Waals surface area contributed by atoms with Crippen LogP contribution in [0.1, 0.15) is 17.4 Å². The standard InChI is InChI=1S/C8H9BrN2O/c1-2-10-8(12)7-4-3-6(9)5-11-7/h3-5H,2H2,1H3,(H,10,12). The van der Waals surface area contributed by atoms with E-state index in [1.54, 1.807) is 18.3 Å². The number of nitrogens with one attached hydrogen (secondary N) is 1. The van der Waals surface area contributed by atoms with Crippen LogP contribution in [0.25, 0.3) is 0 Å². The lowest BCUT2D eigenvalue weighted by atomic mass is 10.3. The fourth-order valence-electron chi connectivity index (χ4n) is 0.761. The van der Waals surface area contributed by atoms with Gasteiger partial charge in [0.15, 0.2) is 0 Å². The first-order valence-electron chi connectivity index (χ1n) is 3.63. The van der Waals surface area contributed by atoms with Gasteiger partial charge in [-0.1, -0.05) is 0 Å². The van der Waals surface area contributed by atoms with E-state index in [0.29, 0.717) is 12.2 Å². The number of nitrogens with zero attached hydrogens (tertiary/aromatic N) is 1. The number of carbonyl (C=O) groups is 1. The SMILES string of the molecule is CCNC(=O)c1ccc(Br)cn1. The number of rotatable bonds is 2. The summed E-state index contributed by atoms with van der Waals surface area (Å²) in [7, 11) is 0. The molecule has 0 bridgehead atoms. The van der Waals surface area contributed by atoms with Gasteiger partial charge in [0.25, 0.3) is 5.91 Å². The molecule has 0 atom stereocenters. The van der Waals surface area contributed by atoms with E-state index in [1.165, 1.54) is 0 Å². The van der Waals surface area contributed by atoms with Crippen LogP contribution in [-0.2, 0) is 0 Å². The molecule has 1 N–H and O–H groups in total. The Balaban J connectivity index is 2.75. The van der Waals surface area contributed by atoms with Crippen molar-refractivity contribution in [1.82, 2.24) is 10.3 Å². The first kappa shape index (κ1) is 9.19. The molecule has 64 valence electrons. The third kappa shape index (κ3) is 2.30. The molecule has 3 nitrogen and oxygen atoms in total. The van der Waals surface area contributed by atoms with E-state index in [9.17, 15) is 4.79 Å². The Kier molecular flexibility index (Phi) is 3.22. The Labute approximate surface area is 79.3 Å². The van der Waals surface area contributed by atoms with Gasteiger partial charge in [0.1, 0.15) is 5.69 Å². The molecule has 0 fully saturated rings. The Morgan fingerprint density at radius 2 is 2.42 bits per heavy atom. The smallest absolute Gasteiger partial charge is 0.269 e. The molecule has 0 spiro atoms. The van der Waals surface area contributed by atoms with Crippen molar-refractivity contribution in [2.24, 2.45) is 0 Å². The summed E-state index contributed by atoms with van der Waals surface area (Å²) in [6.45, 7) is 2.49. The molecule has 0 saturated carbocycles. The second-order valence-electron chi connectivity index (χ2n) is 2.22. The summed E-state index contributed by atoms with van der Waals surface area (Å²) in [4.78, 5) is 15.1. The summed E-state index contributed by atoms with van der Waals surface area (Å²) in [6, 6.07) is 3.46. The van der Waals surface area contributed by atoms with Crippen molar-refractivity contribution in [3.63, 3.8) is 0 Å². The van der Waals surface area contributed by atoms with Crippen LogP contribution in [0, 0.1) is 0 Å². The highest BCUT2D eigenvalue weighted by Crippen LogP contribution is 2.06. The summed E-state index contributed by atoms with van der Waals surface area (Å²) < 4.78 is 0.871. The van der Waals surface area contributed by atoms with Crippen molar-refractivity contribution in [1.29, 1.82) is 0 Å². The summed E-state index contributed by atoms with van der Waals surface area (Å²) in [5, 5.41) is 2.66. The summed E-state index contributed by atoms with van der Waals surface area (Å²) in [5.74, 6) is -0.134. The van der Waals surface area contributed by atoms with Crippen molar-refractivity contribution in [2.75, 3.05) is 6.54 Å². The van der Waals surface area contributed by atoms with Crippen LogP contribution in [0.2, 0.25) is 0 Å². The van der Waals surface area contributed by atoms with Crippen molar-refractivity contribution in [2.45, 2.75) is 6.92 Å². The van der Waals surface area contributed by atoms with Crippen molar-refractivity contribution in [3.05, 3.63) is 28.5 Å². The van der Waals surface area contributed by atoms with E-state index in [0.717, 1.165) is 4.47 Å². The molecule has 0 aliphatic carbocycles. The predicted octanol–water partition coefficient (Wildman–Crippen LogP) is 1.59. The third-order valence-corrected chi connectivity index (χ3v) is 1.77. The first-order chi connectivity index (χ1) is 5.74. The lowest BCUT2D eigenvalue weighted by Gasteiger charge is -1.99. The van der Waals surface area contributed by atoms with E-state index in [1.807, 2.05) is 6.92 Å². The number of amides is 1. The number of hydrogen-bond donors (Lipinski definition) is 1. The molecule has 1 heterocycles. The second-order valence-corrected chi connectivity index (χ2v) is 3.14. The van der Waals surface area contributed by atoms with Gasteiger partial charge in [0.2, 0.25) is 0 Å². The average molecular weight is 229 g/mol. The molecule has 1 amide bonds. The molecule has 12 heavy (non-hydrogen) atoms. The number of hydrogen-bond acceptors (Lipinski definition) is 2. The Morgan fingerprint density at radius 3 is 2.92 bits per heavy atom. The maximum Gasteiger partial charge on any atom is 0.269 e. The average Bonchev–Trinajstić information content (AvgIpc) is 2.06. The van der Waals surface area contributed by atoms with E-state index in [-0.39, 0.29) is 5.91 Å². The van der Waals surface area contributed by atoms with Crippen molar-refractivity contribution in [3.8, 4) is 0 Å². The highest BCUT2D eigenvalue weighted by atomic mass is 79.9. The molecule has 4 heteroatoms. The fraction of sp³-hybridized carbons (Fsp3) is 0.250. The minimum absolute atomic E-state index is 0.134. The Hall–Kier alpha value is -0.900. The molecule has 0 saturated heterocycles. The molecular formula is C8H9BrN2O. The normalized spacial score (nSPS) is 9.50. The van der Waals surface area contributed by atoms with Crippen LogP contribution in [0.4, 0.5) is 0 Å². The lowest BCUT2D eigenvalue weighted by Crippen LogP contribution is -2.23. The summed E-state index contributed by atoms with van der Waals surface area (Å²) >= 11 is 3.24. The fourth-order valence-corrected chi connectivity index (χ4v) is 0.996. The number of pyridine rings is 1. The second kappa shape index (κ2) is 4.21. The molecule has 1 aromatic rings. The van der Waals surface area contributed by atoms with Gasteiger partial charge >= 0.3 is 0 Å². The third-order valence-electron chi connectivity index (χ3n) is 1.30. The zero-order chi connectivity index (χ0) is 8.97. The van der Waals surface area contributed by atoms with Crippen molar-refractivity contribution < 1.29 is 4.79 Å². The van der Waals surface area contributed by atoms with Gasteiger partial charge in [-0.3, -0.25) is 4.79 Å². The maximum absolute atomic E-state index is 11.2. The van der Waals surface area contributed by atoms with Crippen LogP contribution in [0.5, 0.6) is 0 Å². The van der Waals surface area contributed by atoms with Crippen LogP contribution in [0.15, 0.2) is 22.8 Å². The zero-order valence-electron chi connectivity index (χ0n) is 6.67. The molecule has 0 aliphatic rings. The van der Waals surface area contributed by atoms with Crippen molar-refractivity contribution >= 4 is 21.8 Å². The predicted molar refractivity (Wildman–Crippen MR) is 49.9 cm³/mol. The number of halogens is 1. The minimum atomic E-state index is -0.134. The van der Waals surface area contributed by atoms with Gasteiger partial charge in [-0.2, -0.15) is 0 Å². The topological polar surface area (TPSA) is 42.0 Å². The number of aromatic nitrogens is 1. The summed E-state index contributed by atoms with van der Waals surface area (Å²) in [6.07, 6.45) is 1.60. The van der Waals surface area contributed by atoms with Gasteiger partial charge < -0.3 is 5.32 Å². The summed E-state index contributed by atoms with van der Waals surface area (Å²) in [5.41, 5.74) is 0.444. The molecule has 0 radical (unpaired) electrons. The van der Waals surface area contributed by atoms with Gasteiger partial charge in [-0.15, -0.1) is 0 Å². The van der Waals surface area contributed by atoms with Gasteiger partial charge in [-0.05, 0) is 35.0 Å². The molecular weight excluding hydrogens is 220 g/mol.